The lowest BCUT2D eigenvalue weighted by Gasteiger charge is -2.15. The largest absolute Gasteiger partial charge is 0.325 e. The van der Waals surface area contributed by atoms with Gasteiger partial charge in [0.1, 0.15) is 0 Å². The van der Waals surface area contributed by atoms with Crippen molar-refractivity contribution >= 4 is 23.2 Å². The lowest BCUT2D eigenvalue weighted by atomic mass is 10.2. The highest BCUT2D eigenvalue weighted by Gasteiger charge is 2.12. The molecule has 0 aliphatic carbocycles. The summed E-state index contributed by atoms with van der Waals surface area (Å²) in [6.45, 7) is 8.83. The Balaban J connectivity index is 2.55. The van der Waals surface area contributed by atoms with Crippen LogP contribution in [0.25, 0.3) is 0 Å². The molecule has 100 valence electrons. The molecule has 2 N–H and O–H groups in total. The molecule has 0 aromatic heterocycles. The molecule has 0 radical (unpaired) electrons. The van der Waals surface area contributed by atoms with Gasteiger partial charge in [-0.15, -0.1) is 0 Å². The van der Waals surface area contributed by atoms with Crippen LogP contribution in [0.15, 0.2) is 18.2 Å². The summed E-state index contributed by atoms with van der Waals surface area (Å²) in [5.74, 6) is 0.477. The van der Waals surface area contributed by atoms with Crippen molar-refractivity contribution in [2.24, 2.45) is 5.92 Å². The predicted molar refractivity (Wildman–Crippen MR) is 77.1 cm³/mol. The molecule has 1 aromatic carbocycles. The van der Waals surface area contributed by atoms with Crippen LogP contribution in [0.3, 0.4) is 0 Å². The number of halogens is 1. The number of carbonyl (C=O) groups is 1. The van der Waals surface area contributed by atoms with E-state index >= 15 is 0 Å². The summed E-state index contributed by atoms with van der Waals surface area (Å²) >= 11 is 6.01. The maximum absolute atomic E-state index is 11.9. The number of carbonyl (C=O) groups excluding carboxylic acids is 1. The first kappa shape index (κ1) is 15.0. The van der Waals surface area contributed by atoms with Crippen LogP contribution < -0.4 is 10.6 Å². The van der Waals surface area contributed by atoms with Gasteiger partial charge in [0, 0.05) is 10.7 Å². The molecule has 1 atom stereocenters. The molecule has 4 heteroatoms. The number of rotatable bonds is 5. The van der Waals surface area contributed by atoms with E-state index in [0.29, 0.717) is 10.9 Å². The number of hydrogen-bond acceptors (Lipinski definition) is 2. The molecule has 0 saturated heterocycles. The summed E-state index contributed by atoms with van der Waals surface area (Å²) in [7, 11) is 0. The molecule has 0 aliphatic rings. The van der Waals surface area contributed by atoms with Crippen molar-refractivity contribution in [2.45, 2.75) is 33.7 Å². The van der Waals surface area contributed by atoms with E-state index in [-0.39, 0.29) is 11.9 Å². The quantitative estimate of drug-likeness (QED) is 0.861. The molecule has 0 unspecified atom stereocenters. The Bertz CT molecular complexity index is 418. The standard InChI is InChI=1S/C14H21ClN2O/c1-9(2)8-16-11(4)14(18)17-12-6-5-10(3)13(15)7-12/h5-7,9,11,16H,8H2,1-4H3,(H,17,18)/t11-/m1/s1. The third kappa shape index (κ3) is 4.67. The zero-order valence-corrected chi connectivity index (χ0v) is 12.1. The molecule has 18 heavy (non-hydrogen) atoms. The summed E-state index contributed by atoms with van der Waals surface area (Å²) in [6.07, 6.45) is 0. The monoisotopic (exact) mass is 268 g/mol. The highest BCUT2D eigenvalue weighted by atomic mass is 35.5. The van der Waals surface area contributed by atoms with Crippen LogP contribution in [-0.4, -0.2) is 18.5 Å². The maximum atomic E-state index is 11.9. The van der Waals surface area contributed by atoms with Crippen LogP contribution in [0.4, 0.5) is 5.69 Å². The van der Waals surface area contributed by atoms with E-state index < -0.39 is 0 Å². The lowest BCUT2D eigenvalue weighted by Crippen LogP contribution is -2.39. The molecule has 0 fully saturated rings. The van der Waals surface area contributed by atoms with Crippen molar-refractivity contribution in [3.05, 3.63) is 28.8 Å². The zero-order chi connectivity index (χ0) is 13.7. The second-order valence-electron chi connectivity index (χ2n) is 4.98. The number of benzene rings is 1. The van der Waals surface area contributed by atoms with Crippen molar-refractivity contribution in [1.29, 1.82) is 0 Å². The summed E-state index contributed by atoms with van der Waals surface area (Å²) in [6, 6.07) is 5.30. The van der Waals surface area contributed by atoms with Crippen LogP contribution in [0.2, 0.25) is 5.02 Å². The molecule has 0 spiro atoms. The first-order valence-electron chi connectivity index (χ1n) is 6.20. The molecular weight excluding hydrogens is 248 g/mol. The maximum Gasteiger partial charge on any atom is 0.241 e. The fourth-order valence-electron chi connectivity index (χ4n) is 1.43. The average Bonchev–Trinajstić information content (AvgIpc) is 2.30. The number of anilines is 1. The Morgan fingerprint density at radius 2 is 2.00 bits per heavy atom. The van der Waals surface area contributed by atoms with Gasteiger partial charge in [-0.1, -0.05) is 31.5 Å². The topological polar surface area (TPSA) is 41.1 Å². The van der Waals surface area contributed by atoms with E-state index in [1.54, 1.807) is 6.07 Å². The number of amides is 1. The van der Waals surface area contributed by atoms with Crippen molar-refractivity contribution in [3.8, 4) is 0 Å². The van der Waals surface area contributed by atoms with Gasteiger partial charge in [0.15, 0.2) is 0 Å². The second-order valence-corrected chi connectivity index (χ2v) is 5.38. The fraction of sp³-hybridized carbons (Fsp3) is 0.500. The van der Waals surface area contributed by atoms with Crippen molar-refractivity contribution < 1.29 is 4.79 Å². The van der Waals surface area contributed by atoms with Crippen LogP contribution in [0.1, 0.15) is 26.3 Å². The second kappa shape index (κ2) is 6.76. The van der Waals surface area contributed by atoms with Crippen molar-refractivity contribution in [1.82, 2.24) is 5.32 Å². The van der Waals surface area contributed by atoms with Gasteiger partial charge >= 0.3 is 0 Å². The van der Waals surface area contributed by atoms with Gasteiger partial charge in [0.25, 0.3) is 0 Å². The molecule has 3 nitrogen and oxygen atoms in total. The Morgan fingerprint density at radius 1 is 1.33 bits per heavy atom. The van der Waals surface area contributed by atoms with Gasteiger partial charge in [-0.05, 0) is 44.0 Å². The average molecular weight is 269 g/mol. The number of nitrogens with one attached hydrogen (secondary N) is 2. The number of aryl methyl sites for hydroxylation is 1. The van der Waals surface area contributed by atoms with Crippen molar-refractivity contribution in [3.63, 3.8) is 0 Å². The minimum absolute atomic E-state index is 0.0458. The summed E-state index contributed by atoms with van der Waals surface area (Å²) < 4.78 is 0. The van der Waals surface area contributed by atoms with Gasteiger partial charge in [0.05, 0.1) is 6.04 Å². The molecule has 0 saturated carbocycles. The predicted octanol–water partition coefficient (Wildman–Crippen LogP) is 3.22. The molecule has 0 bridgehead atoms. The van der Waals surface area contributed by atoms with Gasteiger partial charge in [0.2, 0.25) is 5.91 Å². The zero-order valence-electron chi connectivity index (χ0n) is 11.4. The van der Waals surface area contributed by atoms with Crippen LogP contribution >= 0.6 is 11.6 Å². The van der Waals surface area contributed by atoms with E-state index in [4.69, 9.17) is 11.6 Å². The van der Waals surface area contributed by atoms with Gasteiger partial charge in [-0.25, -0.2) is 0 Å². The summed E-state index contributed by atoms with van der Waals surface area (Å²) in [5.41, 5.74) is 1.73. The Labute approximate surface area is 114 Å². The Kier molecular flexibility index (Phi) is 5.63. The first-order chi connectivity index (χ1) is 8.40. The molecule has 1 rings (SSSR count). The molecule has 1 aromatic rings. The normalized spacial score (nSPS) is 12.6. The van der Waals surface area contributed by atoms with Crippen LogP contribution in [0.5, 0.6) is 0 Å². The first-order valence-corrected chi connectivity index (χ1v) is 6.58. The van der Waals surface area contributed by atoms with Gasteiger partial charge in [-0.2, -0.15) is 0 Å². The van der Waals surface area contributed by atoms with E-state index in [1.807, 2.05) is 26.0 Å². The molecule has 0 heterocycles. The van der Waals surface area contributed by atoms with Gasteiger partial charge < -0.3 is 10.6 Å². The van der Waals surface area contributed by atoms with Crippen LogP contribution in [-0.2, 0) is 4.79 Å². The summed E-state index contributed by atoms with van der Waals surface area (Å²) in [4.78, 5) is 11.9. The molecular formula is C14H21ClN2O. The third-order valence-corrected chi connectivity index (χ3v) is 3.07. The minimum Gasteiger partial charge on any atom is -0.325 e. The van der Waals surface area contributed by atoms with E-state index in [0.717, 1.165) is 17.8 Å². The third-order valence-electron chi connectivity index (χ3n) is 2.66. The van der Waals surface area contributed by atoms with Gasteiger partial charge in [-0.3, -0.25) is 4.79 Å². The fourth-order valence-corrected chi connectivity index (χ4v) is 1.61. The lowest BCUT2D eigenvalue weighted by molar-refractivity contribution is -0.117. The highest BCUT2D eigenvalue weighted by Crippen LogP contribution is 2.19. The van der Waals surface area contributed by atoms with Crippen LogP contribution in [0, 0.1) is 12.8 Å². The van der Waals surface area contributed by atoms with E-state index in [9.17, 15) is 4.79 Å². The molecule has 1 amide bonds. The Hall–Kier alpha value is -1.06. The Morgan fingerprint density at radius 3 is 2.56 bits per heavy atom. The summed E-state index contributed by atoms with van der Waals surface area (Å²) in [5, 5.41) is 6.69. The molecule has 0 aliphatic heterocycles. The SMILES string of the molecule is Cc1ccc(NC(=O)[C@@H](C)NCC(C)C)cc1Cl. The van der Waals surface area contributed by atoms with E-state index in [2.05, 4.69) is 24.5 Å². The smallest absolute Gasteiger partial charge is 0.241 e. The minimum atomic E-state index is -0.215. The van der Waals surface area contributed by atoms with E-state index in [1.165, 1.54) is 0 Å². The highest BCUT2D eigenvalue weighted by molar-refractivity contribution is 6.31. The number of hydrogen-bond donors (Lipinski definition) is 2. The van der Waals surface area contributed by atoms with Crippen molar-refractivity contribution in [2.75, 3.05) is 11.9 Å².